The largest absolute Gasteiger partial charge is 0.480 e. The van der Waals surface area contributed by atoms with E-state index in [4.69, 9.17) is 9.84 Å². The van der Waals surface area contributed by atoms with Crippen molar-refractivity contribution in [3.63, 3.8) is 0 Å². The Balaban J connectivity index is 2.68. The van der Waals surface area contributed by atoms with Crippen molar-refractivity contribution in [1.29, 1.82) is 0 Å². The molecule has 22 heavy (non-hydrogen) atoms. The Morgan fingerprint density at radius 3 is 2.18 bits per heavy atom. The third-order valence-electron chi connectivity index (χ3n) is 2.85. The minimum atomic E-state index is -1.12. The number of rotatable bonds is 6. The molecule has 1 aromatic rings. The lowest BCUT2D eigenvalue weighted by Gasteiger charge is -2.22. The summed E-state index contributed by atoms with van der Waals surface area (Å²) in [5.41, 5.74) is 1.07. The number of aliphatic carboxylic acids is 1. The SMILES string of the molecule is CC(C)(C)OC(=O)N[C@@H](Cc1ccc(CCO)cc1)C(=O)O. The van der Waals surface area contributed by atoms with Crippen LogP contribution in [0.25, 0.3) is 0 Å². The first-order valence-electron chi connectivity index (χ1n) is 7.12. The second-order valence-corrected chi connectivity index (χ2v) is 6.03. The number of nitrogens with one attached hydrogen (secondary N) is 1. The maximum atomic E-state index is 11.7. The third-order valence-corrected chi connectivity index (χ3v) is 2.85. The average Bonchev–Trinajstić information content (AvgIpc) is 2.38. The number of amides is 1. The molecule has 122 valence electrons. The van der Waals surface area contributed by atoms with Crippen LogP contribution in [0.2, 0.25) is 0 Å². The maximum Gasteiger partial charge on any atom is 0.408 e. The van der Waals surface area contributed by atoms with E-state index in [1.807, 2.05) is 12.1 Å². The van der Waals surface area contributed by atoms with Crippen LogP contribution in [-0.2, 0) is 22.4 Å². The van der Waals surface area contributed by atoms with E-state index in [1.54, 1.807) is 32.9 Å². The van der Waals surface area contributed by atoms with Gasteiger partial charge in [0.05, 0.1) is 0 Å². The molecule has 1 rings (SSSR count). The summed E-state index contributed by atoms with van der Waals surface area (Å²) in [4.78, 5) is 22.9. The normalized spacial score (nSPS) is 12.5. The average molecular weight is 309 g/mol. The molecule has 0 saturated heterocycles. The molecule has 1 atom stereocenters. The van der Waals surface area contributed by atoms with Crippen LogP contribution in [-0.4, -0.2) is 40.5 Å². The predicted octanol–water partition coefficient (Wildman–Crippen LogP) is 1.74. The van der Waals surface area contributed by atoms with Crippen molar-refractivity contribution in [2.24, 2.45) is 0 Å². The highest BCUT2D eigenvalue weighted by atomic mass is 16.6. The number of carbonyl (C=O) groups excluding carboxylic acids is 1. The number of benzene rings is 1. The van der Waals surface area contributed by atoms with Crippen molar-refractivity contribution in [3.05, 3.63) is 35.4 Å². The first-order valence-corrected chi connectivity index (χ1v) is 7.12. The van der Waals surface area contributed by atoms with Crippen LogP contribution in [0.4, 0.5) is 4.79 Å². The van der Waals surface area contributed by atoms with Gasteiger partial charge in [0.2, 0.25) is 0 Å². The number of aliphatic hydroxyl groups is 1. The molecule has 0 aliphatic heterocycles. The van der Waals surface area contributed by atoms with Gasteiger partial charge >= 0.3 is 12.1 Å². The number of hydrogen-bond donors (Lipinski definition) is 3. The standard InChI is InChI=1S/C16H23NO5/c1-16(2,3)22-15(21)17-13(14(19)20)10-12-6-4-11(5-7-12)8-9-18/h4-7,13,18H,8-10H2,1-3H3,(H,17,21)(H,19,20)/t13-/m0/s1. The van der Waals surface area contributed by atoms with E-state index in [0.717, 1.165) is 11.1 Å². The van der Waals surface area contributed by atoms with Gasteiger partial charge in [0.1, 0.15) is 11.6 Å². The summed E-state index contributed by atoms with van der Waals surface area (Å²) in [5, 5.41) is 20.4. The predicted molar refractivity (Wildman–Crippen MR) is 81.7 cm³/mol. The Bertz CT molecular complexity index is 504. The number of hydrogen-bond acceptors (Lipinski definition) is 4. The van der Waals surface area contributed by atoms with E-state index in [0.29, 0.717) is 6.42 Å². The molecule has 0 aliphatic rings. The van der Waals surface area contributed by atoms with Crippen LogP contribution in [0.3, 0.4) is 0 Å². The zero-order valence-electron chi connectivity index (χ0n) is 13.1. The number of carboxylic acids is 1. The molecule has 0 bridgehead atoms. The molecule has 0 heterocycles. The number of carboxylic acid groups (broad SMARTS) is 1. The maximum absolute atomic E-state index is 11.7. The third kappa shape index (κ3) is 6.58. The van der Waals surface area contributed by atoms with Gasteiger partial charge in [0.25, 0.3) is 0 Å². The minimum Gasteiger partial charge on any atom is -0.480 e. The zero-order valence-corrected chi connectivity index (χ0v) is 13.1. The molecule has 0 fully saturated rings. The van der Waals surface area contributed by atoms with E-state index >= 15 is 0 Å². The van der Waals surface area contributed by atoms with Crippen molar-refractivity contribution >= 4 is 12.1 Å². The van der Waals surface area contributed by atoms with Gasteiger partial charge in [-0.3, -0.25) is 0 Å². The number of carbonyl (C=O) groups is 2. The Labute approximate surface area is 130 Å². The fourth-order valence-electron chi connectivity index (χ4n) is 1.86. The van der Waals surface area contributed by atoms with Gasteiger partial charge in [-0.15, -0.1) is 0 Å². The number of aliphatic hydroxyl groups excluding tert-OH is 1. The van der Waals surface area contributed by atoms with Crippen LogP contribution in [0.1, 0.15) is 31.9 Å². The van der Waals surface area contributed by atoms with Crippen LogP contribution >= 0.6 is 0 Å². The quantitative estimate of drug-likeness (QED) is 0.744. The molecule has 3 N–H and O–H groups in total. The Morgan fingerprint density at radius 1 is 1.18 bits per heavy atom. The molecule has 1 aromatic carbocycles. The van der Waals surface area contributed by atoms with Crippen LogP contribution in [0.5, 0.6) is 0 Å². The first kappa shape index (κ1) is 18.0. The van der Waals surface area contributed by atoms with E-state index < -0.39 is 23.7 Å². The Morgan fingerprint density at radius 2 is 1.73 bits per heavy atom. The zero-order chi connectivity index (χ0) is 16.8. The lowest BCUT2D eigenvalue weighted by Crippen LogP contribution is -2.44. The fourth-order valence-corrected chi connectivity index (χ4v) is 1.86. The van der Waals surface area contributed by atoms with E-state index in [-0.39, 0.29) is 13.0 Å². The highest BCUT2D eigenvalue weighted by Crippen LogP contribution is 2.10. The summed E-state index contributed by atoms with van der Waals surface area (Å²) in [5.74, 6) is -1.12. The van der Waals surface area contributed by atoms with E-state index in [1.165, 1.54) is 0 Å². The van der Waals surface area contributed by atoms with Crippen molar-refractivity contribution in [3.8, 4) is 0 Å². The smallest absolute Gasteiger partial charge is 0.408 e. The molecule has 6 nitrogen and oxygen atoms in total. The lowest BCUT2D eigenvalue weighted by atomic mass is 10.0. The molecule has 0 spiro atoms. The molecular formula is C16H23NO5. The van der Waals surface area contributed by atoms with Gasteiger partial charge in [-0.1, -0.05) is 24.3 Å². The van der Waals surface area contributed by atoms with Gasteiger partial charge in [0.15, 0.2) is 0 Å². The van der Waals surface area contributed by atoms with Crippen molar-refractivity contribution in [2.75, 3.05) is 6.61 Å². The summed E-state index contributed by atoms with van der Waals surface area (Å²) >= 11 is 0. The van der Waals surface area contributed by atoms with E-state index in [9.17, 15) is 14.7 Å². The van der Waals surface area contributed by atoms with E-state index in [2.05, 4.69) is 5.32 Å². The topological polar surface area (TPSA) is 95.9 Å². The van der Waals surface area contributed by atoms with Gasteiger partial charge in [-0.2, -0.15) is 0 Å². The minimum absolute atomic E-state index is 0.0668. The van der Waals surface area contributed by atoms with Gasteiger partial charge in [-0.25, -0.2) is 9.59 Å². The van der Waals surface area contributed by atoms with Crippen molar-refractivity contribution in [2.45, 2.75) is 45.3 Å². The molecule has 1 amide bonds. The summed E-state index contributed by atoms with van der Waals surface area (Å²) < 4.78 is 5.07. The van der Waals surface area contributed by atoms with Crippen LogP contribution in [0.15, 0.2) is 24.3 Å². The van der Waals surface area contributed by atoms with Gasteiger partial charge in [-0.05, 0) is 38.3 Å². The molecule has 0 aromatic heterocycles. The second kappa shape index (κ2) is 7.79. The van der Waals surface area contributed by atoms with Gasteiger partial charge in [0, 0.05) is 13.0 Å². The monoisotopic (exact) mass is 309 g/mol. The van der Waals surface area contributed by atoms with Crippen LogP contribution in [0, 0.1) is 0 Å². The second-order valence-electron chi connectivity index (χ2n) is 6.03. The Kier molecular flexibility index (Phi) is 6.37. The first-order chi connectivity index (χ1) is 10.2. The van der Waals surface area contributed by atoms with Crippen molar-refractivity contribution in [1.82, 2.24) is 5.32 Å². The van der Waals surface area contributed by atoms with Crippen molar-refractivity contribution < 1.29 is 24.5 Å². The molecule has 0 aliphatic carbocycles. The summed E-state index contributed by atoms with van der Waals surface area (Å²) in [6, 6.07) is 6.18. The Hall–Kier alpha value is -2.08. The fraction of sp³-hybridized carbons (Fsp3) is 0.500. The molecule has 0 radical (unpaired) electrons. The molecular weight excluding hydrogens is 286 g/mol. The van der Waals surface area contributed by atoms with Gasteiger partial charge < -0.3 is 20.3 Å². The molecule has 0 saturated carbocycles. The summed E-state index contributed by atoms with van der Waals surface area (Å²) in [6.45, 7) is 5.20. The number of ether oxygens (including phenoxy) is 1. The molecule has 0 unspecified atom stereocenters. The summed E-state index contributed by atoms with van der Waals surface area (Å²) in [6.07, 6.45) is -0.0379. The number of alkyl carbamates (subject to hydrolysis) is 1. The molecule has 6 heteroatoms. The summed E-state index contributed by atoms with van der Waals surface area (Å²) in [7, 11) is 0. The van der Waals surface area contributed by atoms with Crippen LogP contribution < -0.4 is 5.32 Å². The highest BCUT2D eigenvalue weighted by molar-refractivity contribution is 5.80. The lowest BCUT2D eigenvalue weighted by molar-refractivity contribution is -0.139. The highest BCUT2D eigenvalue weighted by Gasteiger charge is 2.24.